The Hall–Kier alpha value is -2.49. The number of para-hydroxylation sites is 1. The lowest BCUT2D eigenvalue weighted by molar-refractivity contribution is -0.122. The molecule has 0 radical (unpaired) electrons. The Morgan fingerprint density at radius 2 is 1.83 bits per heavy atom. The largest absolute Gasteiger partial charge is 0.496 e. The van der Waals surface area contributed by atoms with Crippen LogP contribution in [0.4, 0.5) is 4.39 Å². The molecule has 3 rings (SSSR count). The molecule has 7 nitrogen and oxygen atoms in total. The number of ether oxygens (including phenoxy) is 1. The zero-order valence-corrected chi connectivity index (χ0v) is 17.0. The van der Waals surface area contributed by atoms with Gasteiger partial charge in [-0.05, 0) is 24.3 Å². The number of amides is 1. The van der Waals surface area contributed by atoms with E-state index in [4.69, 9.17) is 4.74 Å². The van der Waals surface area contributed by atoms with E-state index in [9.17, 15) is 17.6 Å². The van der Waals surface area contributed by atoms with Crippen LogP contribution >= 0.6 is 0 Å². The van der Waals surface area contributed by atoms with Gasteiger partial charge in [-0.2, -0.15) is 4.31 Å². The summed E-state index contributed by atoms with van der Waals surface area (Å²) in [5.41, 5.74) is 0.884. The maximum Gasteiger partial charge on any atom is 0.243 e. The molecule has 0 bridgehead atoms. The topological polar surface area (TPSA) is 79.0 Å². The third-order valence-corrected chi connectivity index (χ3v) is 6.70. The number of halogens is 1. The van der Waals surface area contributed by atoms with E-state index in [0.29, 0.717) is 25.4 Å². The molecule has 2 aromatic rings. The minimum absolute atomic E-state index is 0.0551. The van der Waals surface area contributed by atoms with Gasteiger partial charge in [0.1, 0.15) is 11.6 Å². The van der Waals surface area contributed by atoms with Crippen molar-refractivity contribution in [3.05, 3.63) is 59.9 Å². The smallest absolute Gasteiger partial charge is 0.243 e. The molecule has 0 saturated carbocycles. The molecule has 1 fully saturated rings. The summed E-state index contributed by atoms with van der Waals surface area (Å²) in [6.45, 7) is 1.89. The fourth-order valence-corrected chi connectivity index (χ4v) is 4.66. The van der Waals surface area contributed by atoms with Crippen molar-refractivity contribution in [2.45, 2.75) is 11.4 Å². The Morgan fingerprint density at radius 1 is 1.10 bits per heavy atom. The number of rotatable bonds is 7. The Labute approximate surface area is 170 Å². The highest BCUT2D eigenvalue weighted by Gasteiger charge is 2.29. The average molecular weight is 421 g/mol. The van der Waals surface area contributed by atoms with Crippen LogP contribution in [0.5, 0.6) is 5.75 Å². The number of carbonyl (C=O) groups excluding carboxylic acids is 1. The highest BCUT2D eigenvalue weighted by molar-refractivity contribution is 7.89. The van der Waals surface area contributed by atoms with Gasteiger partial charge < -0.3 is 10.1 Å². The maximum atomic E-state index is 13.4. The zero-order valence-electron chi connectivity index (χ0n) is 16.2. The molecule has 0 aliphatic carbocycles. The lowest BCUT2D eigenvalue weighted by Gasteiger charge is -2.33. The molecule has 1 aliphatic heterocycles. The predicted octanol–water partition coefficient (Wildman–Crippen LogP) is 1.46. The van der Waals surface area contributed by atoms with Crippen LogP contribution in [0.1, 0.15) is 5.56 Å². The predicted molar refractivity (Wildman–Crippen MR) is 106 cm³/mol. The first kappa shape index (κ1) is 21.2. The van der Waals surface area contributed by atoms with Crippen molar-refractivity contribution >= 4 is 15.9 Å². The number of hydrogen-bond acceptors (Lipinski definition) is 5. The maximum absolute atomic E-state index is 13.4. The van der Waals surface area contributed by atoms with Crippen molar-refractivity contribution in [1.82, 2.24) is 14.5 Å². The van der Waals surface area contributed by atoms with Crippen LogP contribution in [0.2, 0.25) is 0 Å². The first-order valence-corrected chi connectivity index (χ1v) is 10.7. The van der Waals surface area contributed by atoms with E-state index in [1.165, 1.54) is 22.5 Å². The number of sulfonamides is 1. The number of hydrogen-bond donors (Lipinski definition) is 1. The fraction of sp³-hybridized carbons (Fsp3) is 0.350. The molecule has 1 heterocycles. The van der Waals surface area contributed by atoms with Crippen LogP contribution in [0, 0.1) is 5.82 Å². The summed E-state index contributed by atoms with van der Waals surface area (Å²) in [5.74, 6) is -0.0160. The van der Waals surface area contributed by atoms with Crippen LogP contribution in [0.3, 0.4) is 0 Å². The summed E-state index contributed by atoms with van der Waals surface area (Å²) in [6.07, 6.45) is 0. The Bertz CT molecular complexity index is 960. The molecule has 0 aromatic heterocycles. The third-order valence-electron chi connectivity index (χ3n) is 4.80. The third kappa shape index (κ3) is 5.31. The summed E-state index contributed by atoms with van der Waals surface area (Å²) in [5, 5.41) is 2.86. The molecule has 1 N–H and O–H groups in total. The second kappa shape index (κ2) is 9.34. The van der Waals surface area contributed by atoms with Gasteiger partial charge in [0.2, 0.25) is 15.9 Å². The fourth-order valence-electron chi connectivity index (χ4n) is 3.21. The van der Waals surface area contributed by atoms with Gasteiger partial charge in [-0.1, -0.05) is 24.3 Å². The molecule has 0 spiro atoms. The minimum atomic E-state index is -3.74. The van der Waals surface area contributed by atoms with Crippen molar-refractivity contribution in [3.63, 3.8) is 0 Å². The molecule has 2 aromatic carbocycles. The van der Waals surface area contributed by atoms with Crippen LogP contribution < -0.4 is 10.1 Å². The van der Waals surface area contributed by atoms with Gasteiger partial charge in [0.25, 0.3) is 0 Å². The van der Waals surface area contributed by atoms with Crippen LogP contribution in [-0.2, 0) is 21.4 Å². The van der Waals surface area contributed by atoms with Crippen LogP contribution in [-0.4, -0.2) is 63.4 Å². The van der Waals surface area contributed by atoms with Crippen LogP contribution in [0.25, 0.3) is 0 Å². The Balaban J connectivity index is 1.50. The van der Waals surface area contributed by atoms with Gasteiger partial charge in [0.15, 0.2) is 0 Å². The number of nitrogens with one attached hydrogen (secondary N) is 1. The molecular formula is C20H24FN3O4S. The molecule has 9 heteroatoms. The van der Waals surface area contributed by atoms with E-state index in [1.807, 2.05) is 29.2 Å². The van der Waals surface area contributed by atoms with Gasteiger partial charge in [-0.15, -0.1) is 0 Å². The number of piperazine rings is 1. The van der Waals surface area contributed by atoms with E-state index >= 15 is 0 Å². The molecular weight excluding hydrogens is 397 g/mol. The number of nitrogens with zero attached hydrogens (tertiary/aromatic N) is 2. The quantitative estimate of drug-likeness (QED) is 0.732. The number of methoxy groups -OCH3 is 1. The van der Waals surface area contributed by atoms with E-state index in [1.54, 1.807) is 7.11 Å². The Morgan fingerprint density at radius 3 is 2.52 bits per heavy atom. The highest BCUT2D eigenvalue weighted by atomic mass is 32.2. The lowest BCUT2D eigenvalue weighted by atomic mass is 10.2. The standard InChI is InChI=1S/C20H24FN3O4S/c1-28-19-8-3-2-5-16(19)14-22-20(25)15-23-9-11-24(12-10-23)29(26,27)18-7-4-6-17(21)13-18/h2-8,13H,9-12,14-15H2,1H3,(H,22,25). The number of benzene rings is 2. The molecule has 1 aliphatic rings. The van der Waals surface area contributed by atoms with Crippen LogP contribution in [0.15, 0.2) is 53.4 Å². The normalized spacial score (nSPS) is 15.8. The summed E-state index contributed by atoms with van der Waals surface area (Å²) in [7, 11) is -2.16. The van der Waals surface area contributed by atoms with Crippen molar-refractivity contribution < 1.29 is 22.3 Å². The van der Waals surface area contributed by atoms with E-state index < -0.39 is 15.8 Å². The minimum Gasteiger partial charge on any atom is -0.496 e. The van der Waals surface area contributed by atoms with E-state index in [-0.39, 0.29) is 30.4 Å². The van der Waals surface area contributed by atoms with E-state index in [2.05, 4.69) is 5.32 Å². The van der Waals surface area contributed by atoms with Gasteiger partial charge in [0, 0.05) is 38.3 Å². The second-order valence-corrected chi connectivity index (χ2v) is 8.66. The SMILES string of the molecule is COc1ccccc1CNC(=O)CN1CCN(S(=O)(=O)c2cccc(F)c2)CC1. The molecule has 1 saturated heterocycles. The summed E-state index contributed by atoms with van der Waals surface area (Å²) in [4.78, 5) is 14.1. The second-order valence-electron chi connectivity index (χ2n) is 6.73. The average Bonchev–Trinajstić information content (AvgIpc) is 2.73. The summed E-state index contributed by atoms with van der Waals surface area (Å²) < 4.78 is 45.2. The first-order chi connectivity index (χ1) is 13.9. The molecule has 156 valence electrons. The lowest BCUT2D eigenvalue weighted by Crippen LogP contribution is -2.51. The number of carbonyl (C=O) groups is 1. The zero-order chi connectivity index (χ0) is 20.9. The molecule has 0 unspecified atom stereocenters. The molecule has 0 atom stereocenters. The van der Waals surface area contributed by atoms with Crippen molar-refractivity contribution in [2.24, 2.45) is 0 Å². The molecule has 1 amide bonds. The Kier molecular flexibility index (Phi) is 6.83. The van der Waals surface area contributed by atoms with E-state index in [0.717, 1.165) is 11.6 Å². The summed E-state index contributed by atoms with van der Waals surface area (Å²) in [6, 6.07) is 12.5. The van der Waals surface area contributed by atoms with Crippen molar-refractivity contribution in [2.75, 3.05) is 39.8 Å². The van der Waals surface area contributed by atoms with Gasteiger partial charge in [0.05, 0.1) is 18.6 Å². The van der Waals surface area contributed by atoms with Gasteiger partial charge in [-0.3, -0.25) is 9.69 Å². The summed E-state index contributed by atoms with van der Waals surface area (Å²) >= 11 is 0. The highest BCUT2D eigenvalue weighted by Crippen LogP contribution is 2.19. The van der Waals surface area contributed by atoms with Crippen molar-refractivity contribution in [3.8, 4) is 5.75 Å². The monoisotopic (exact) mass is 421 g/mol. The molecule has 29 heavy (non-hydrogen) atoms. The van der Waals surface area contributed by atoms with Gasteiger partial charge in [-0.25, -0.2) is 12.8 Å². The first-order valence-electron chi connectivity index (χ1n) is 9.27. The van der Waals surface area contributed by atoms with Gasteiger partial charge >= 0.3 is 0 Å². The van der Waals surface area contributed by atoms with Crippen molar-refractivity contribution in [1.29, 1.82) is 0 Å².